The van der Waals surface area contributed by atoms with Crippen molar-refractivity contribution in [3.63, 3.8) is 0 Å². The topological polar surface area (TPSA) is 73.9 Å². The van der Waals surface area contributed by atoms with Crippen LogP contribution < -0.4 is 5.32 Å². The van der Waals surface area contributed by atoms with E-state index in [1.807, 2.05) is 0 Å². The quantitative estimate of drug-likeness (QED) is 0.410. The van der Waals surface area contributed by atoms with Crippen LogP contribution in [-0.2, 0) is 14.2 Å². The molecule has 0 aromatic heterocycles. The van der Waals surface area contributed by atoms with Gasteiger partial charge in [0.15, 0.2) is 0 Å². The van der Waals surface area contributed by atoms with Crippen molar-refractivity contribution in [3.8, 4) is 0 Å². The van der Waals surface area contributed by atoms with Gasteiger partial charge >= 0.3 is 12.2 Å². The Morgan fingerprint density at radius 1 is 1.21 bits per heavy atom. The molecule has 0 fully saturated rings. The zero-order chi connectivity index (χ0) is 10.8. The van der Waals surface area contributed by atoms with Gasteiger partial charge in [0, 0.05) is 0 Å². The molecule has 0 atom stereocenters. The monoisotopic (exact) mass is 201 g/mol. The number of rotatable bonds is 5. The first-order chi connectivity index (χ1) is 6.70. The lowest BCUT2D eigenvalue weighted by Crippen LogP contribution is -2.27. The second-order valence-electron chi connectivity index (χ2n) is 1.88. The fraction of sp³-hybridized carbons (Fsp3) is 0.250. The maximum absolute atomic E-state index is 10.6. The molecule has 0 spiro atoms. The molecule has 1 amide bonds. The highest BCUT2D eigenvalue weighted by Gasteiger charge is 2.02. The summed E-state index contributed by atoms with van der Waals surface area (Å²) >= 11 is 0. The summed E-state index contributed by atoms with van der Waals surface area (Å²) in [6, 6.07) is 0. The van der Waals surface area contributed by atoms with Crippen LogP contribution in [0.1, 0.15) is 0 Å². The minimum absolute atomic E-state index is 0.0150. The number of carbonyl (C=O) groups excluding carboxylic acids is 2. The first kappa shape index (κ1) is 12.0. The van der Waals surface area contributed by atoms with Crippen LogP contribution >= 0.6 is 0 Å². The molecule has 0 unspecified atom stereocenters. The molecule has 78 valence electrons. The molecule has 0 rings (SSSR count). The normalized spacial score (nSPS) is 8.29. The highest BCUT2D eigenvalue weighted by molar-refractivity contribution is 5.67. The van der Waals surface area contributed by atoms with Crippen molar-refractivity contribution in [2.24, 2.45) is 0 Å². The van der Waals surface area contributed by atoms with Crippen LogP contribution in [0.3, 0.4) is 0 Å². The first-order valence-corrected chi connectivity index (χ1v) is 3.70. The highest BCUT2D eigenvalue weighted by atomic mass is 16.7. The molecule has 0 aliphatic heterocycles. The maximum Gasteiger partial charge on any atom is 0.513 e. The van der Waals surface area contributed by atoms with Gasteiger partial charge in [0.05, 0.1) is 19.1 Å². The Morgan fingerprint density at radius 2 is 1.86 bits per heavy atom. The summed E-state index contributed by atoms with van der Waals surface area (Å²) in [5.74, 6) is 0. The van der Waals surface area contributed by atoms with E-state index in [0.717, 1.165) is 12.5 Å². The second-order valence-corrected chi connectivity index (χ2v) is 1.88. The van der Waals surface area contributed by atoms with Gasteiger partial charge in [0.25, 0.3) is 0 Å². The van der Waals surface area contributed by atoms with Crippen molar-refractivity contribution < 1.29 is 23.8 Å². The van der Waals surface area contributed by atoms with E-state index in [9.17, 15) is 9.59 Å². The van der Waals surface area contributed by atoms with E-state index in [-0.39, 0.29) is 13.2 Å². The van der Waals surface area contributed by atoms with E-state index in [2.05, 4.69) is 32.7 Å². The van der Waals surface area contributed by atoms with E-state index >= 15 is 0 Å². The van der Waals surface area contributed by atoms with Crippen molar-refractivity contribution in [3.05, 3.63) is 25.7 Å². The van der Waals surface area contributed by atoms with Crippen molar-refractivity contribution >= 4 is 12.2 Å². The van der Waals surface area contributed by atoms with Gasteiger partial charge in [0.2, 0.25) is 0 Å². The molecule has 0 aromatic carbocycles. The summed E-state index contributed by atoms with van der Waals surface area (Å²) in [7, 11) is 0. The zero-order valence-corrected chi connectivity index (χ0v) is 7.52. The molecule has 0 bridgehead atoms. The third-order valence-electron chi connectivity index (χ3n) is 0.961. The summed E-state index contributed by atoms with van der Waals surface area (Å²) < 4.78 is 13.0. The Labute approximate surface area is 81.1 Å². The summed E-state index contributed by atoms with van der Waals surface area (Å²) in [4.78, 5) is 21.2. The van der Waals surface area contributed by atoms with Gasteiger partial charge in [-0.2, -0.15) is 0 Å². The standard InChI is InChI=1S/C8H11NO5/c1-3-12-7(10)9-5-6-14-8(11)13-4-2/h3-4H,1-2,5-6H2,(H,9,10). The summed E-state index contributed by atoms with van der Waals surface area (Å²) in [5, 5.41) is 2.29. The van der Waals surface area contributed by atoms with Crippen LogP contribution in [0.25, 0.3) is 0 Å². The Balaban J connectivity index is 3.36. The van der Waals surface area contributed by atoms with Crippen LogP contribution in [0.15, 0.2) is 25.7 Å². The van der Waals surface area contributed by atoms with Crippen LogP contribution in [0.4, 0.5) is 9.59 Å². The van der Waals surface area contributed by atoms with Crippen LogP contribution in [0.5, 0.6) is 0 Å². The maximum atomic E-state index is 10.6. The predicted molar refractivity (Wildman–Crippen MR) is 47.3 cm³/mol. The van der Waals surface area contributed by atoms with E-state index in [4.69, 9.17) is 0 Å². The third-order valence-corrected chi connectivity index (χ3v) is 0.961. The van der Waals surface area contributed by atoms with Crippen LogP contribution in [-0.4, -0.2) is 25.4 Å². The van der Waals surface area contributed by atoms with E-state index in [0.29, 0.717) is 0 Å². The third kappa shape index (κ3) is 6.71. The van der Waals surface area contributed by atoms with Crippen molar-refractivity contribution in [2.75, 3.05) is 13.2 Å². The number of hydrogen-bond acceptors (Lipinski definition) is 5. The fourth-order valence-corrected chi connectivity index (χ4v) is 0.507. The molecule has 0 heterocycles. The van der Waals surface area contributed by atoms with Gasteiger partial charge in [-0.1, -0.05) is 13.2 Å². The van der Waals surface area contributed by atoms with E-state index in [1.54, 1.807) is 0 Å². The molecule has 0 radical (unpaired) electrons. The lowest BCUT2D eigenvalue weighted by Gasteiger charge is -2.03. The average molecular weight is 201 g/mol. The Morgan fingerprint density at radius 3 is 2.43 bits per heavy atom. The van der Waals surface area contributed by atoms with Gasteiger partial charge < -0.3 is 19.5 Å². The molecule has 6 nitrogen and oxygen atoms in total. The van der Waals surface area contributed by atoms with Crippen molar-refractivity contribution in [1.82, 2.24) is 5.32 Å². The number of carbonyl (C=O) groups is 2. The van der Waals surface area contributed by atoms with Gasteiger partial charge in [-0.15, -0.1) is 0 Å². The minimum atomic E-state index is -0.876. The molecule has 0 saturated carbocycles. The van der Waals surface area contributed by atoms with Gasteiger partial charge in [-0.25, -0.2) is 9.59 Å². The molecule has 0 aliphatic carbocycles. The smallest absolute Gasteiger partial charge is 0.432 e. The molecular formula is C8H11NO5. The number of nitrogens with one attached hydrogen (secondary N) is 1. The number of ether oxygens (including phenoxy) is 3. The van der Waals surface area contributed by atoms with Gasteiger partial charge in [-0.05, 0) is 0 Å². The molecule has 0 saturated heterocycles. The Bertz CT molecular complexity index is 202. The number of amides is 1. The lowest BCUT2D eigenvalue weighted by atomic mass is 10.7. The summed E-state index contributed by atoms with van der Waals surface area (Å²) in [6.07, 6.45) is 0.392. The molecule has 6 heteroatoms. The minimum Gasteiger partial charge on any atom is -0.432 e. The SMILES string of the molecule is C=COC(=O)NCCOC(=O)OC=C. The largest absolute Gasteiger partial charge is 0.513 e. The van der Waals surface area contributed by atoms with E-state index < -0.39 is 12.2 Å². The molecule has 0 aromatic rings. The Kier molecular flexibility index (Phi) is 6.57. The molecular weight excluding hydrogens is 190 g/mol. The number of alkyl carbamates (subject to hydrolysis) is 1. The average Bonchev–Trinajstić information content (AvgIpc) is 2.13. The zero-order valence-electron chi connectivity index (χ0n) is 7.52. The summed E-state index contributed by atoms with van der Waals surface area (Å²) in [6.45, 7) is 6.45. The lowest BCUT2D eigenvalue weighted by molar-refractivity contribution is 0.0850. The fourth-order valence-electron chi connectivity index (χ4n) is 0.507. The van der Waals surface area contributed by atoms with Crippen LogP contribution in [0.2, 0.25) is 0 Å². The summed E-state index contributed by atoms with van der Waals surface area (Å²) in [5.41, 5.74) is 0. The van der Waals surface area contributed by atoms with Crippen LogP contribution in [0, 0.1) is 0 Å². The Hall–Kier alpha value is -1.98. The molecule has 1 N–H and O–H groups in total. The highest BCUT2D eigenvalue weighted by Crippen LogP contribution is 1.84. The van der Waals surface area contributed by atoms with Crippen molar-refractivity contribution in [2.45, 2.75) is 0 Å². The molecule has 0 aliphatic rings. The van der Waals surface area contributed by atoms with Crippen molar-refractivity contribution in [1.29, 1.82) is 0 Å². The molecule has 14 heavy (non-hydrogen) atoms. The predicted octanol–water partition coefficient (Wildman–Crippen LogP) is 1.15. The second kappa shape index (κ2) is 7.66. The van der Waals surface area contributed by atoms with Gasteiger partial charge in [-0.3, -0.25) is 0 Å². The number of hydrogen-bond donors (Lipinski definition) is 1. The first-order valence-electron chi connectivity index (χ1n) is 3.70. The van der Waals surface area contributed by atoms with Gasteiger partial charge in [0.1, 0.15) is 6.61 Å². The van der Waals surface area contributed by atoms with E-state index in [1.165, 1.54) is 0 Å².